The van der Waals surface area contributed by atoms with Crippen molar-refractivity contribution in [3.8, 4) is 34.1 Å². The van der Waals surface area contributed by atoms with Crippen LogP contribution >= 0.6 is 11.6 Å². The Labute approximate surface area is 170 Å². The maximum atomic E-state index is 12.5. The van der Waals surface area contributed by atoms with Crippen molar-refractivity contribution in [3.05, 3.63) is 71.4 Å². The van der Waals surface area contributed by atoms with Crippen LogP contribution in [-0.4, -0.2) is 38.7 Å². The Kier molecular flexibility index (Phi) is 5.17. The summed E-state index contributed by atoms with van der Waals surface area (Å²) in [5.41, 5.74) is 2.71. The quantitative estimate of drug-likeness (QED) is 0.501. The molecule has 9 heteroatoms. The molecule has 4 rings (SSSR count). The molecule has 0 saturated heterocycles. The minimum atomic E-state index is -0.515. The Morgan fingerprint density at radius 1 is 1.03 bits per heavy atom. The number of ether oxygens (including phenoxy) is 2. The molecule has 29 heavy (non-hydrogen) atoms. The van der Waals surface area contributed by atoms with E-state index in [4.69, 9.17) is 21.1 Å². The molecule has 4 aromatic rings. The average Bonchev–Trinajstić information content (AvgIpc) is 3.30. The standard InChI is InChI=1S/C20H14ClN5O3/c1-28-18-9-7-15(11-22-18)29-20(27)14-6-8-17(21)16(10-14)12-2-4-13(5-3-12)19-23-25-26-24-19/h2-11H,1H3,(H,23,24,25,26). The lowest BCUT2D eigenvalue weighted by atomic mass is 10.0. The Morgan fingerprint density at radius 2 is 1.83 bits per heavy atom. The van der Waals surface area contributed by atoms with Crippen LogP contribution in [0.25, 0.3) is 22.5 Å². The van der Waals surface area contributed by atoms with E-state index < -0.39 is 5.97 Å². The minimum Gasteiger partial charge on any atom is -0.481 e. The third-order valence-electron chi connectivity index (χ3n) is 4.13. The normalized spacial score (nSPS) is 10.6. The zero-order valence-electron chi connectivity index (χ0n) is 15.2. The highest BCUT2D eigenvalue weighted by molar-refractivity contribution is 6.33. The SMILES string of the molecule is COc1ccc(OC(=O)c2ccc(Cl)c(-c3ccc(-c4nn[nH]n4)cc3)c2)cn1. The molecule has 0 spiro atoms. The van der Waals surface area contributed by atoms with Gasteiger partial charge in [0.1, 0.15) is 5.75 Å². The van der Waals surface area contributed by atoms with Crippen LogP contribution in [0.2, 0.25) is 5.02 Å². The second-order valence-corrected chi connectivity index (χ2v) is 6.34. The molecular formula is C20H14ClN5O3. The highest BCUT2D eigenvalue weighted by atomic mass is 35.5. The number of esters is 1. The second kappa shape index (κ2) is 8.07. The molecule has 0 bridgehead atoms. The van der Waals surface area contributed by atoms with Crippen LogP contribution in [0, 0.1) is 0 Å². The number of rotatable bonds is 5. The summed E-state index contributed by atoms with van der Waals surface area (Å²) < 4.78 is 10.4. The zero-order chi connectivity index (χ0) is 20.2. The lowest BCUT2D eigenvalue weighted by Gasteiger charge is -2.09. The molecular weight excluding hydrogens is 394 g/mol. The maximum absolute atomic E-state index is 12.5. The van der Waals surface area contributed by atoms with E-state index in [9.17, 15) is 4.79 Å². The molecule has 2 heterocycles. The van der Waals surface area contributed by atoms with E-state index in [1.807, 2.05) is 24.3 Å². The van der Waals surface area contributed by atoms with Gasteiger partial charge in [-0.15, -0.1) is 10.2 Å². The van der Waals surface area contributed by atoms with Gasteiger partial charge in [0.2, 0.25) is 11.7 Å². The summed E-state index contributed by atoms with van der Waals surface area (Å²) in [4.78, 5) is 16.5. The molecule has 0 saturated carbocycles. The number of nitrogens with zero attached hydrogens (tertiary/aromatic N) is 4. The van der Waals surface area contributed by atoms with Crippen molar-refractivity contribution in [3.63, 3.8) is 0 Å². The molecule has 0 atom stereocenters. The van der Waals surface area contributed by atoms with E-state index in [2.05, 4.69) is 25.6 Å². The number of halogens is 1. The van der Waals surface area contributed by atoms with Gasteiger partial charge in [0.25, 0.3) is 0 Å². The Hall–Kier alpha value is -3.78. The van der Waals surface area contributed by atoms with Crippen LogP contribution in [0.15, 0.2) is 60.8 Å². The number of pyridine rings is 1. The van der Waals surface area contributed by atoms with Crippen molar-refractivity contribution in [1.29, 1.82) is 0 Å². The fraction of sp³-hybridized carbons (Fsp3) is 0.0500. The molecule has 0 aliphatic carbocycles. The topological polar surface area (TPSA) is 103 Å². The predicted molar refractivity (Wildman–Crippen MR) is 106 cm³/mol. The number of benzene rings is 2. The molecule has 0 aliphatic rings. The number of H-pyrrole nitrogens is 1. The first kappa shape index (κ1) is 18.6. The van der Waals surface area contributed by atoms with Crippen LogP contribution in [0.3, 0.4) is 0 Å². The number of carbonyl (C=O) groups excluding carboxylic acids is 1. The third kappa shape index (κ3) is 4.07. The van der Waals surface area contributed by atoms with Crippen LogP contribution in [0.4, 0.5) is 0 Å². The van der Waals surface area contributed by atoms with Gasteiger partial charge in [0.15, 0.2) is 0 Å². The molecule has 1 N–H and O–H groups in total. The molecule has 0 radical (unpaired) electrons. The monoisotopic (exact) mass is 407 g/mol. The number of nitrogens with one attached hydrogen (secondary N) is 1. The molecule has 0 unspecified atom stereocenters. The second-order valence-electron chi connectivity index (χ2n) is 5.93. The van der Waals surface area contributed by atoms with Crippen molar-refractivity contribution in [1.82, 2.24) is 25.6 Å². The van der Waals surface area contributed by atoms with Crippen LogP contribution in [0.1, 0.15) is 10.4 Å². The van der Waals surface area contributed by atoms with E-state index in [-0.39, 0.29) is 0 Å². The van der Waals surface area contributed by atoms with Crippen molar-refractivity contribution in [2.24, 2.45) is 0 Å². The molecule has 144 valence electrons. The van der Waals surface area contributed by atoms with E-state index >= 15 is 0 Å². The molecule has 8 nitrogen and oxygen atoms in total. The van der Waals surface area contributed by atoms with Gasteiger partial charge in [-0.1, -0.05) is 35.9 Å². The van der Waals surface area contributed by atoms with Crippen molar-refractivity contribution in [2.75, 3.05) is 7.11 Å². The Bertz CT molecular complexity index is 1130. The van der Waals surface area contributed by atoms with Crippen LogP contribution < -0.4 is 9.47 Å². The smallest absolute Gasteiger partial charge is 0.343 e. The molecule has 0 amide bonds. The number of methoxy groups -OCH3 is 1. The van der Waals surface area contributed by atoms with Crippen LogP contribution in [-0.2, 0) is 0 Å². The maximum Gasteiger partial charge on any atom is 0.343 e. The summed E-state index contributed by atoms with van der Waals surface area (Å²) in [5.74, 6) is 0.728. The van der Waals surface area contributed by atoms with E-state index in [0.29, 0.717) is 33.6 Å². The first-order valence-electron chi connectivity index (χ1n) is 8.50. The lowest BCUT2D eigenvalue weighted by molar-refractivity contribution is 0.0734. The number of tetrazole rings is 1. The zero-order valence-corrected chi connectivity index (χ0v) is 15.9. The molecule has 0 fully saturated rings. The summed E-state index contributed by atoms with van der Waals surface area (Å²) in [7, 11) is 1.51. The van der Waals surface area contributed by atoms with Gasteiger partial charge in [0.05, 0.1) is 18.9 Å². The molecule has 0 aliphatic heterocycles. The number of aromatic amines is 1. The summed E-state index contributed by atoms with van der Waals surface area (Å²) >= 11 is 6.35. The van der Waals surface area contributed by atoms with Gasteiger partial charge < -0.3 is 9.47 Å². The van der Waals surface area contributed by atoms with Gasteiger partial charge in [-0.2, -0.15) is 5.21 Å². The third-order valence-corrected chi connectivity index (χ3v) is 4.46. The fourth-order valence-electron chi connectivity index (χ4n) is 2.67. The van der Waals surface area contributed by atoms with Gasteiger partial charge >= 0.3 is 5.97 Å². The molecule has 2 aromatic carbocycles. The number of hydrogen-bond donors (Lipinski definition) is 1. The first-order chi connectivity index (χ1) is 14.1. The number of aromatic nitrogens is 5. The molecule has 2 aromatic heterocycles. The van der Waals surface area contributed by atoms with Crippen LogP contribution in [0.5, 0.6) is 11.6 Å². The van der Waals surface area contributed by atoms with Gasteiger partial charge in [-0.3, -0.25) is 0 Å². The Morgan fingerprint density at radius 3 is 2.48 bits per heavy atom. The van der Waals surface area contributed by atoms with E-state index in [1.54, 1.807) is 30.3 Å². The van der Waals surface area contributed by atoms with Crippen molar-refractivity contribution in [2.45, 2.75) is 0 Å². The summed E-state index contributed by atoms with van der Waals surface area (Å²) in [5, 5.41) is 14.4. The van der Waals surface area contributed by atoms with Crippen molar-refractivity contribution < 1.29 is 14.3 Å². The Balaban J connectivity index is 1.57. The first-order valence-corrected chi connectivity index (χ1v) is 8.88. The minimum absolute atomic E-state index is 0.316. The van der Waals surface area contributed by atoms with Gasteiger partial charge in [-0.25, -0.2) is 9.78 Å². The van der Waals surface area contributed by atoms with Gasteiger partial charge in [0, 0.05) is 22.2 Å². The lowest BCUT2D eigenvalue weighted by Crippen LogP contribution is -2.09. The summed E-state index contributed by atoms with van der Waals surface area (Å²) in [6, 6.07) is 15.6. The summed E-state index contributed by atoms with van der Waals surface area (Å²) in [6.07, 6.45) is 1.42. The van der Waals surface area contributed by atoms with Crippen molar-refractivity contribution >= 4 is 17.6 Å². The largest absolute Gasteiger partial charge is 0.481 e. The highest BCUT2D eigenvalue weighted by Gasteiger charge is 2.13. The van der Waals surface area contributed by atoms with E-state index in [0.717, 1.165) is 11.1 Å². The fourth-order valence-corrected chi connectivity index (χ4v) is 2.90. The summed E-state index contributed by atoms with van der Waals surface area (Å²) in [6.45, 7) is 0. The highest BCUT2D eigenvalue weighted by Crippen LogP contribution is 2.30. The number of carbonyl (C=O) groups is 1. The van der Waals surface area contributed by atoms with Gasteiger partial charge in [-0.05, 0) is 35.0 Å². The predicted octanol–water partition coefficient (Wildman–Crippen LogP) is 3.81. The number of hydrogen-bond acceptors (Lipinski definition) is 7. The van der Waals surface area contributed by atoms with E-state index in [1.165, 1.54) is 13.3 Å². The average molecular weight is 408 g/mol.